The molecule has 0 saturated heterocycles. The number of methoxy groups -OCH3 is 1. The van der Waals surface area contributed by atoms with Crippen molar-refractivity contribution in [1.82, 2.24) is 10.2 Å². The predicted molar refractivity (Wildman–Crippen MR) is 88.2 cm³/mol. The molecule has 0 amide bonds. The molecule has 0 saturated carbocycles. The Hall–Kier alpha value is -1.65. The van der Waals surface area contributed by atoms with Gasteiger partial charge in [-0.25, -0.2) is 0 Å². The summed E-state index contributed by atoms with van der Waals surface area (Å²) >= 11 is -2.42. The molecule has 0 spiro atoms. The molecule has 5 nitrogen and oxygen atoms in total. The summed E-state index contributed by atoms with van der Waals surface area (Å²) in [7, 11) is 1.46. The maximum atomic E-state index is 13.4. The van der Waals surface area contributed by atoms with Crippen molar-refractivity contribution >= 4 is 11.1 Å². The van der Waals surface area contributed by atoms with Crippen molar-refractivity contribution in [3.63, 3.8) is 0 Å². The molecule has 0 aliphatic rings. The first-order valence-electron chi connectivity index (χ1n) is 7.31. The first kappa shape index (κ1) is 21.6. The van der Waals surface area contributed by atoms with Crippen LogP contribution in [-0.4, -0.2) is 26.1 Å². The summed E-state index contributed by atoms with van der Waals surface area (Å²) in [6, 6.07) is 11.6. The Balaban J connectivity index is 0.00000261. The van der Waals surface area contributed by atoms with Crippen molar-refractivity contribution in [2.75, 3.05) is 7.11 Å². The summed E-state index contributed by atoms with van der Waals surface area (Å²) in [5, 5.41) is 5.86. The summed E-state index contributed by atoms with van der Waals surface area (Å²) in [6.45, 7) is 0. The molecule has 10 heteroatoms. The van der Waals surface area contributed by atoms with E-state index in [0.29, 0.717) is 16.9 Å². The Bertz CT molecular complexity index is 942. The van der Waals surface area contributed by atoms with Gasteiger partial charge in [-0.3, -0.25) is 9.31 Å². The Morgan fingerprint density at radius 3 is 2.07 bits per heavy atom. The van der Waals surface area contributed by atoms with Crippen molar-refractivity contribution in [3.8, 4) is 28.1 Å². The quantitative estimate of drug-likeness (QED) is 0.520. The second-order valence-electron chi connectivity index (χ2n) is 5.31. The van der Waals surface area contributed by atoms with Crippen LogP contribution in [0, 0.1) is 0 Å². The average Bonchev–Trinajstić information content (AvgIpc) is 3.07. The molecule has 27 heavy (non-hydrogen) atoms. The van der Waals surface area contributed by atoms with Gasteiger partial charge in [-0.15, -0.1) is 0 Å². The van der Waals surface area contributed by atoms with Crippen LogP contribution in [0.1, 0.15) is 5.69 Å². The number of rotatable bonds is 4. The van der Waals surface area contributed by atoms with Crippen LogP contribution >= 0.6 is 0 Å². The van der Waals surface area contributed by atoms with Gasteiger partial charge in [0.1, 0.15) is 5.75 Å². The molecule has 0 radical (unpaired) electrons. The van der Waals surface area contributed by atoms with E-state index in [-0.39, 0.29) is 45.7 Å². The van der Waals surface area contributed by atoms with Crippen molar-refractivity contribution in [3.05, 3.63) is 54.2 Å². The minimum absolute atomic E-state index is 0. The van der Waals surface area contributed by atoms with Crippen molar-refractivity contribution in [2.24, 2.45) is 0 Å². The molecule has 3 aromatic rings. The van der Waals surface area contributed by atoms with E-state index in [1.807, 2.05) is 0 Å². The number of nitrogens with one attached hydrogen (secondary N) is 1. The van der Waals surface area contributed by atoms with E-state index in [2.05, 4.69) is 10.2 Å². The van der Waals surface area contributed by atoms with Gasteiger partial charge in [0.25, 0.3) is 0 Å². The molecule has 3 rings (SSSR count). The molecule has 2 aromatic carbocycles. The van der Waals surface area contributed by atoms with E-state index in [9.17, 15) is 21.9 Å². The zero-order valence-electron chi connectivity index (χ0n) is 14.3. The predicted octanol–water partition coefficient (Wildman–Crippen LogP) is 1.01. The third-order valence-corrected chi connectivity index (χ3v) is 4.41. The molecule has 1 N–H and O–H groups in total. The van der Waals surface area contributed by atoms with Gasteiger partial charge in [0.15, 0.2) is 5.69 Å². The fourth-order valence-electron chi connectivity index (χ4n) is 2.53. The standard InChI is InChI=1S/C17H13F3N2O3S.Na/c1-25-12-6-2-10(3-7-12)14-15(21-22-16(14)17(18,19)20)11-4-8-13(9-5-11)26(23)24;/h2-9H,1H3,(H,21,22)(H,23,24);/q;+1/p-1. The van der Waals surface area contributed by atoms with Gasteiger partial charge in [0.2, 0.25) is 0 Å². The van der Waals surface area contributed by atoms with Crippen LogP contribution in [0.25, 0.3) is 22.4 Å². The van der Waals surface area contributed by atoms with Crippen LogP contribution in [0.2, 0.25) is 0 Å². The van der Waals surface area contributed by atoms with Crippen molar-refractivity contribution in [1.29, 1.82) is 0 Å². The molecular formula is C17H12F3N2NaO3S. The Kier molecular flexibility index (Phi) is 6.87. The van der Waals surface area contributed by atoms with Crippen LogP contribution < -0.4 is 34.3 Å². The fraction of sp³-hybridized carbons (Fsp3) is 0.118. The molecule has 0 aliphatic carbocycles. The fourth-order valence-corrected chi connectivity index (χ4v) is 2.89. The Labute approximate surface area is 177 Å². The second-order valence-corrected chi connectivity index (χ2v) is 6.25. The summed E-state index contributed by atoms with van der Waals surface area (Å²) < 4.78 is 67.1. The molecule has 0 bridgehead atoms. The van der Waals surface area contributed by atoms with E-state index < -0.39 is 23.0 Å². The number of benzene rings is 2. The zero-order chi connectivity index (χ0) is 18.9. The normalized spacial score (nSPS) is 12.3. The van der Waals surface area contributed by atoms with E-state index in [0.717, 1.165) is 0 Å². The number of alkyl halides is 3. The van der Waals surface area contributed by atoms with Crippen LogP contribution in [-0.2, 0) is 17.3 Å². The molecule has 136 valence electrons. The summed E-state index contributed by atoms with van der Waals surface area (Å²) in [4.78, 5) is 0.0373. The minimum atomic E-state index is -4.65. The second kappa shape index (κ2) is 8.57. The van der Waals surface area contributed by atoms with E-state index >= 15 is 0 Å². The molecule has 0 aliphatic heterocycles. The van der Waals surface area contributed by atoms with Crippen molar-refractivity contribution < 1.29 is 56.2 Å². The van der Waals surface area contributed by atoms with Gasteiger partial charge in [-0.05, 0) is 40.9 Å². The number of aromatic nitrogens is 2. The molecule has 1 aromatic heterocycles. The monoisotopic (exact) mass is 404 g/mol. The third kappa shape index (κ3) is 4.61. The number of hydrogen-bond acceptors (Lipinski definition) is 4. The number of nitrogens with zero attached hydrogens (tertiary/aromatic N) is 1. The van der Waals surface area contributed by atoms with Crippen LogP contribution in [0.5, 0.6) is 5.75 Å². The number of H-pyrrole nitrogens is 1. The Morgan fingerprint density at radius 2 is 1.59 bits per heavy atom. The van der Waals surface area contributed by atoms with Gasteiger partial charge >= 0.3 is 35.7 Å². The maximum Gasteiger partial charge on any atom is 1.00 e. The van der Waals surface area contributed by atoms with E-state index in [1.165, 1.54) is 43.5 Å². The number of aromatic amines is 1. The zero-order valence-corrected chi connectivity index (χ0v) is 17.1. The molecule has 1 heterocycles. The van der Waals surface area contributed by atoms with Crippen LogP contribution in [0.15, 0.2) is 53.4 Å². The SMILES string of the molecule is COc1ccc(-c2c(C(F)(F)F)n[nH]c2-c2ccc(S(=O)[O-])cc2)cc1.[Na+]. The van der Waals surface area contributed by atoms with Gasteiger partial charge in [0, 0.05) is 16.0 Å². The first-order valence-corrected chi connectivity index (χ1v) is 8.38. The van der Waals surface area contributed by atoms with Crippen molar-refractivity contribution in [2.45, 2.75) is 11.1 Å². The number of ether oxygens (including phenoxy) is 1. The summed E-state index contributed by atoms with van der Waals surface area (Å²) in [5.41, 5.74) is -0.331. The summed E-state index contributed by atoms with van der Waals surface area (Å²) in [5.74, 6) is 0.509. The topological polar surface area (TPSA) is 78.0 Å². The van der Waals surface area contributed by atoms with Crippen LogP contribution in [0.3, 0.4) is 0 Å². The van der Waals surface area contributed by atoms with Gasteiger partial charge in [0.05, 0.1) is 12.8 Å². The third-order valence-electron chi connectivity index (χ3n) is 3.75. The first-order chi connectivity index (χ1) is 12.3. The van der Waals surface area contributed by atoms with Gasteiger partial charge in [-0.1, -0.05) is 24.3 Å². The minimum Gasteiger partial charge on any atom is -0.768 e. The van der Waals surface area contributed by atoms with Crippen LogP contribution in [0.4, 0.5) is 13.2 Å². The molecule has 0 fully saturated rings. The number of hydrogen-bond donors (Lipinski definition) is 1. The Morgan fingerprint density at radius 1 is 1.04 bits per heavy atom. The van der Waals surface area contributed by atoms with E-state index in [4.69, 9.17) is 4.74 Å². The maximum absolute atomic E-state index is 13.4. The van der Waals surface area contributed by atoms with Gasteiger partial charge in [-0.2, -0.15) is 18.3 Å². The molecule has 1 atom stereocenters. The number of halogens is 3. The largest absolute Gasteiger partial charge is 1.00 e. The van der Waals surface area contributed by atoms with Gasteiger partial charge < -0.3 is 9.29 Å². The van der Waals surface area contributed by atoms with E-state index in [1.54, 1.807) is 12.1 Å². The smallest absolute Gasteiger partial charge is 0.768 e. The molecular weight excluding hydrogens is 392 g/mol. The summed E-state index contributed by atoms with van der Waals surface area (Å²) in [6.07, 6.45) is -4.65. The average molecular weight is 404 g/mol. The molecule has 1 unspecified atom stereocenters.